The number of hydrogen-bond donors (Lipinski definition) is 0. The van der Waals surface area contributed by atoms with Gasteiger partial charge in [0.2, 0.25) is 0 Å². The number of nitrogens with zero attached hydrogens (tertiary/aromatic N) is 1. The zero-order valence-electron chi connectivity index (χ0n) is 13.8. The third kappa shape index (κ3) is 5.88. The van der Waals surface area contributed by atoms with Crippen LogP contribution in [0.3, 0.4) is 0 Å². The molecule has 0 unspecified atom stereocenters. The fourth-order valence-electron chi connectivity index (χ4n) is 2.12. The van der Waals surface area contributed by atoms with Crippen LogP contribution in [0.2, 0.25) is 0 Å². The van der Waals surface area contributed by atoms with Crippen LogP contribution < -0.4 is 0 Å². The molecule has 0 amide bonds. The van der Waals surface area contributed by atoms with Crippen LogP contribution in [0.1, 0.15) is 18.1 Å². The lowest BCUT2D eigenvalue weighted by molar-refractivity contribution is -0.143. The Morgan fingerprint density at radius 2 is 1.56 bits per heavy atom. The average Bonchev–Trinajstić information content (AvgIpc) is 2.58. The van der Waals surface area contributed by atoms with Crippen molar-refractivity contribution in [3.63, 3.8) is 0 Å². The first-order valence-corrected chi connectivity index (χ1v) is 8.52. The van der Waals surface area contributed by atoms with Gasteiger partial charge in [-0.25, -0.2) is 0 Å². The van der Waals surface area contributed by atoms with E-state index in [0.29, 0.717) is 17.0 Å². The van der Waals surface area contributed by atoms with E-state index in [9.17, 15) is 31.1 Å². The molecule has 146 valence electrons. The van der Waals surface area contributed by atoms with Crippen molar-refractivity contribution in [1.82, 2.24) is 4.98 Å². The van der Waals surface area contributed by atoms with Crippen LogP contribution >= 0.6 is 11.8 Å². The molecule has 3 nitrogen and oxygen atoms in total. The van der Waals surface area contributed by atoms with Crippen molar-refractivity contribution in [1.29, 1.82) is 0 Å². The van der Waals surface area contributed by atoms with Gasteiger partial charge in [0.25, 0.3) is 0 Å². The third-order valence-corrected chi connectivity index (χ3v) is 4.23. The summed E-state index contributed by atoms with van der Waals surface area (Å²) in [7, 11) is 0. The van der Waals surface area contributed by atoms with Gasteiger partial charge >= 0.3 is 18.3 Å². The summed E-state index contributed by atoms with van der Waals surface area (Å²) in [5.74, 6) is -0.554. The Balaban J connectivity index is 2.39. The quantitative estimate of drug-likeness (QED) is 0.375. The molecule has 0 fully saturated rings. The maximum absolute atomic E-state index is 13.0. The van der Waals surface area contributed by atoms with Gasteiger partial charge in [0.1, 0.15) is 0 Å². The van der Waals surface area contributed by atoms with Crippen molar-refractivity contribution in [3.8, 4) is 11.1 Å². The van der Waals surface area contributed by atoms with Gasteiger partial charge in [0, 0.05) is 22.9 Å². The highest BCUT2D eigenvalue weighted by molar-refractivity contribution is 8.00. The summed E-state index contributed by atoms with van der Waals surface area (Å²) in [5, 5.41) is 0. The fourth-order valence-corrected chi connectivity index (χ4v) is 2.84. The number of benzene rings is 1. The molecular weight excluding hydrogens is 396 g/mol. The number of alkyl halides is 6. The highest BCUT2D eigenvalue weighted by Crippen LogP contribution is 2.38. The molecule has 0 saturated heterocycles. The van der Waals surface area contributed by atoms with E-state index in [1.165, 1.54) is 12.3 Å². The van der Waals surface area contributed by atoms with Gasteiger partial charge < -0.3 is 4.74 Å². The normalized spacial score (nSPS) is 12.1. The number of carbonyl (C=O) groups is 1. The van der Waals surface area contributed by atoms with Crippen molar-refractivity contribution in [2.45, 2.75) is 24.2 Å². The standard InChI is InChI=1S/C17H13F6NO2S/c1-2-26-15(25)9-27-14-5-11(7-24-8-14)10-3-12(16(18,19)20)6-13(4-10)17(21,22)23/h3-8H,2,9H2,1H3. The average molecular weight is 409 g/mol. The van der Waals surface area contributed by atoms with Crippen LogP contribution in [0.5, 0.6) is 0 Å². The van der Waals surface area contributed by atoms with Crippen LogP contribution in [0.4, 0.5) is 26.3 Å². The van der Waals surface area contributed by atoms with E-state index in [2.05, 4.69) is 4.98 Å². The molecule has 2 rings (SSSR count). The number of hydrogen-bond acceptors (Lipinski definition) is 4. The van der Waals surface area contributed by atoms with Crippen molar-refractivity contribution in [3.05, 3.63) is 47.8 Å². The molecule has 0 saturated carbocycles. The maximum Gasteiger partial charge on any atom is 0.416 e. The second-order valence-corrected chi connectivity index (χ2v) is 6.35. The Morgan fingerprint density at radius 3 is 2.07 bits per heavy atom. The number of esters is 1. The summed E-state index contributed by atoms with van der Waals surface area (Å²) >= 11 is 1.02. The first-order chi connectivity index (χ1) is 12.5. The molecule has 0 aliphatic carbocycles. The predicted molar refractivity (Wildman–Crippen MR) is 87.0 cm³/mol. The van der Waals surface area contributed by atoms with Crippen molar-refractivity contribution in [2.75, 3.05) is 12.4 Å². The second kappa shape index (κ2) is 8.20. The summed E-state index contributed by atoms with van der Waals surface area (Å²) < 4.78 is 82.6. The van der Waals surface area contributed by atoms with E-state index in [-0.39, 0.29) is 29.6 Å². The van der Waals surface area contributed by atoms with Crippen LogP contribution in [-0.2, 0) is 21.9 Å². The summed E-state index contributed by atoms with van der Waals surface area (Å²) in [6, 6.07) is 2.70. The van der Waals surface area contributed by atoms with Crippen LogP contribution in [-0.4, -0.2) is 23.3 Å². The van der Waals surface area contributed by atoms with Gasteiger partial charge in [-0.2, -0.15) is 26.3 Å². The number of ether oxygens (including phenoxy) is 1. The molecule has 0 aliphatic heterocycles. The molecule has 0 bridgehead atoms. The third-order valence-electron chi connectivity index (χ3n) is 3.30. The first-order valence-electron chi connectivity index (χ1n) is 7.54. The number of carbonyl (C=O) groups excluding carboxylic acids is 1. The lowest BCUT2D eigenvalue weighted by atomic mass is 10.0. The Hall–Kier alpha value is -2.23. The molecule has 27 heavy (non-hydrogen) atoms. The minimum absolute atomic E-state index is 0.0602. The number of aromatic nitrogens is 1. The van der Waals surface area contributed by atoms with Crippen molar-refractivity contribution < 1.29 is 35.9 Å². The van der Waals surface area contributed by atoms with Crippen molar-refractivity contribution >= 4 is 17.7 Å². The topological polar surface area (TPSA) is 39.2 Å². The van der Waals surface area contributed by atoms with Crippen LogP contribution in [0.25, 0.3) is 11.1 Å². The highest BCUT2D eigenvalue weighted by Gasteiger charge is 2.37. The van der Waals surface area contributed by atoms with E-state index in [4.69, 9.17) is 4.74 Å². The first kappa shape index (κ1) is 21.1. The molecule has 0 spiro atoms. The minimum Gasteiger partial charge on any atom is -0.465 e. The number of halogens is 6. The maximum atomic E-state index is 13.0. The summed E-state index contributed by atoms with van der Waals surface area (Å²) in [6.45, 7) is 1.83. The summed E-state index contributed by atoms with van der Waals surface area (Å²) in [5.41, 5.74) is -3.02. The zero-order chi connectivity index (χ0) is 20.2. The highest BCUT2D eigenvalue weighted by atomic mass is 32.2. The molecule has 0 N–H and O–H groups in total. The Morgan fingerprint density at radius 1 is 0.963 bits per heavy atom. The second-order valence-electron chi connectivity index (χ2n) is 5.30. The van der Waals surface area contributed by atoms with Gasteiger partial charge in [-0.05, 0) is 36.8 Å². The largest absolute Gasteiger partial charge is 0.465 e. The smallest absolute Gasteiger partial charge is 0.416 e. The van der Waals surface area contributed by atoms with Gasteiger partial charge in [0.05, 0.1) is 23.5 Å². The van der Waals surface area contributed by atoms with E-state index < -0.39 is 29.4 Å². The minimum atomic E-state index is -4.93. The molecule has 0 aliphatic rings. The van der Waals surface area contributed by atoms with Crippen LogP contribution in [0, 0.1) is 0 Å². The molecule has 1 aromatic carbocycles. The monoisotopic (exact) mass is 409 g/mol. The van der Waals surface area contributed by atoms with E-state index in [0.717, 1.165) is 18.0 Å². The SMILES string of the molecule is CCOC(=O)CSc1cncc(-c2cc(C(F)(F)F)cc(C(F)(F)F)c2)c1. The fraction of sp³-hybridized carbons (Fsp3) is 0.294. The van der Waals surface area contributed by atoms with Gasteiger partial charge in [-0.15, -0.1) is 11.8 Å². The van der Waals surface area contributed by atoms with Crippen LogP contribution in [0.15, 0.2) is 41.6 Å². The molecule has 10 heteroatoms. The van der Waals surface area contributed by atoms with Gasteiger partial charge in [0.15, 0.2) is 0 Å². The van der Waals surface area contributed by atoms with E-state index in [1.54, 1.807) is 6.92 Å². The van der Waals surface area contributed by atoms with Gasteiger partial charge in [-0.3, -0.25) is 9.78 Å². The lowest BCUT2D eigenvalue weighted by Crippen LogP contribution is -2.11. The predicted octanol–water partition coefficient (Wildman–Crippen LogP) is 5.44. The summed E-state index contributed by atoms with van der Waals surface area (Å²) in [4.78, 5) is 15.6. The Labute approximate surface area is 154 Å². The molecule has 1 heterocycles. The number of thioether (sulfide) groups is 1. The number of rotatable bonds is 5. The summed E-state index contributed by atoms with van der Waals surface area (Å²) in [6.07, 6.45) is -7.35. The van der Waals surface area contributed by atoms with Crippen molar-refractivity contribution in [2.24, 2.45) is 0 Å². The number of pyridine rings is 1. The Kier molecular flexibility index (Phi) is 6.40. The zero-order valence-corrected chi connectivity index (χ0v) is 14.6. The Bertz CT molecular complexity index is 788. The molecular formula is C17H13F6NO2S. The molecule has 0 radical (unpaired) electrons. The molecule has 0 atom stereocenters. The lowest BCUT2D eigenvalue weighted by Gasteiger charge is -2.14. The molecule has 2 aromatic rings. The molecule has 1 aromatic heterocycles. The van der Waals surface area contributed by atoms with E-state index in [1.807, 2.05) is 0 Å². The van der Waals surface area contributed by atoms with Gasteiger partial charge in [-0.1, -0.05) is 0 Å². The van der Waals surface area contributed by atoms with E-state index >= 15 is 0 Å².